The lowest BCUT2D eigenvalue weighted by molar-refractivity contribution is 0.0746. The summed E-state index contributed by atoms with van der Waals surface area (Å²) in [5, 5.41) is 0. The third-order valence-electron chi connectivity index (χ3n) is 2.97. The van der Waals surface area contributed by atoms with Crippen LogP contribution in [0.2, 0.25) is 0 Å². The van der Waals surface area contributed by atoms with Crippen LogP contribution in [0.1, 0.15) is 23.0 Å². The molecule has 104 valence electrons. The van der Waals surface area contributed by atoms with Crippen LogP contribution in [0.15, 0.2) is 47.1 Å². The minimum atomic E-state index is -0.0724. The van der Waals surface area contributed by atoms with Crippen LogP contribution in [0.25, 0.3) is 0 Å². The summed E-state index contributed by atoms with van der Waals surface area (Å²) in [7, 11) is 0. The fraction of sp³-hybridized carbons (Fsp3) is 0.200. The summed E-state index contributed by atoms with van der Waals surface area (Å²) in [5.74, 6) is -0.0724. The molecule has 0 unspecified atom stereocenters. The van der Waals surface area contributed by atoms with Gasteiger partial charge in [0.25, 0.3) is 5.91 Å². The molecule has 0 saturated carbocycles. The standard InChI is InChI=1S/C15H16BrN3O/c1-2-19(10-11-3-6-13(17)7-4-11)15(20)14-8-5-12(16)9-18-14/h3-9H,2,10,17H2,1H3. The quantitative estimate of drug-likeness (QED) is 0.874. The number of nitrogens with two attached hydrogens (primary N) is 1. The third kappa shape index (κ3) is 3.57. The van der Waals surface area contributed by atoms with Crippen LogP contribution >= 0.6 is 15.9 Å². The first kappa shape index (κ1) is 14.5. The van der Waals surface area contributed by atoms with Gasteiger partial charge in [-0.15, -0.1) is 0 Å². The van der Waals surface area contributed by atoms with Gasteiger partial charge in [-0.05, 0) is 52.7 Å². The molecule has 0 saturated heterocycles. The Morgan fingerprint density at radius 1 is 1.25 bits per heavy atom. The number of amides is 1. The van der Waals surface area contributed by atoms with E-state index >= 15 is 0 Å². The summed E-state index contributed by atoms with van der Waals surface area (Å²) in [6, 6.07) is 11.1. The first-order chi connectivity index (χ1) is 9.60. The normalized spacial score (nSPS) is 10.3. The number of nitrogens with zero attached hydrogens (tertiary/aromatic N) is 2. The van der Waals surface area contributed by atoms with Gasteiger partial charge in [0.1, 0.15) is 5.69 Å². The van der Waals surface area contributed by atoms with Gasteiger partial charge >= 0.3 is 0 Å². The molecule has 4 nitrogen and oxygen atoms in total. The molecule has 20 heavy (non-hydrogen) atoms. The third-order valence-corrected chi connectivity index (χ3v) is 3.44. The van der Waals surface area contributed by atoms with Crippen molar-refractivity contribution in [2.75, 3.05) is 12.3 Å². The molecule has 0 fully saturated rings. The lowest BCUT2D eigenvalue weighted by atomic mass is 10.2. The largest absolute Gasteiger partial charge is 0.399 e. The van der Waals surface area contributed by atoms with E-state index < -0.39 is 0 Å². The number of aromatic nitrogens is 1. The van der Waals surface area contributed by atoms with Crippen molar-refractivity contribution in [3.8, 4) is 0 Å². The number of anilines is 1. The number of pyridine rings is 1. The first-order valence-electron chi connectivity index (χ1n) is 6.35. The zero-order chi connectivity index (χ0) is 14.5. The van der Waals surface area contributed by atoms with Crippen molar-refractivity contribution in [2.45, 2.75) is 13.5 Å². The number of nitrogen functional groups attached to an aromatic ring is 1. The van der Waals surface area contributed by atoms with Gasteiger partial charge < -0.3 is 10.6 Å². The second kappa shape index (κ2) is 6.52. The Kier molecular flexibility index (Phi) is 4.74. The van der Waals surface area contributed by atoms with E-state index in [-0.39, 0.29) is 5.91 Å². The molecule has 2 aromatic rings. The average Bonchev–Trinajstić information content (AvgIpc) is 2.47. The van der Waals surface area contributed by atoms with Crippen LogP contribution in [-0.2, 0) is 6.54 Å². The Hall–Kier alpha value is -1.88. The Morgan fingerprint density at radius 2 is 1.95 bits per heavy atom. The van der Waals surface area contributed by atoms with Crippen LogP contribution in [0.4, 0.5) is 5.69 Å². The van der Waals surface area contributed by atoms with E-state index in [4.69, 9.17) is 5.73 Å². The predicted molar refractivity (Wildman–Crippen MR) is 83.2 cm³/mol. The summed E-state index contributed by atoms with van der Waals surface area (Å²) < 4.78 is 0.857. The highest BCUT2D eigenvalue weighted by Crippen LogP contribution is 2.12. The van der Waals surface area contributed by atoms with E-state index in [1.165, 1.54) is 0 Å². The molecule has 0 aliphatic carbocycles. The molecular weight excluding hydrogens is 318 g/mol. The van der Waals surface area contributed by atoms with Gasteiger partial charge in [0.05, 0.1) is 0 Å². The van der Waals surface area contributed by atoms with Crippen molar-refractivity contribution >= 4 is 27.5 Å². The highest BCUT2D eigenvalue weighted by Gasteiger charge is 2.15. The molecular formula is C15H16BrN3O. The summed E-state index contributed by atoms with van der Waals surface area (Å²) >= 11 is 3.31. The molecule has 0 atom stereocenters. The second-order valence-corrected chi connectivity index (χ2v) is 5.34. The zero-order valence-corrected chi connectivity index (χ0v) is 12.8. The van der Waals surface area contributed by atoms with Crippen LogP contribution < -0.4 is 5.73 Å². The van der Waals surface area contributed by atoms with Gasteiger partial charge in [0.15, 0.2) is 0 Å². The zero-order valence-electron chi connectivity index (χ0n) is 11.2. The van der Waals surface area contributed by atoms with Crippen molar-refractivity contribution in [3.05, 3.63) is 58.3 Å². The van der Waals surface area contributed by atoms with Crippen molar-refractivity contribution in [1.82, 2.24) is 9.88 Å². The molecule has 1 heterocycles. The maximum Gasteiger partial charge on any atom is 0.272 e. The highest BCUT2D eigenvalue weighted by atomic mass is 79.9. The molecule has 0 aliphatic rings. The topological polar surface area (TPSA) is 59.2 Å². The first-order valence-corrected chi connectivity index (χ1v) is 7.14. The number of hydrogen-bond acceptors (Lipinski definition) is 3. The number of carbonyl (C=O) groups is 1. The van der Waals surface area contributed by atoms with Crippen LogP contribution in [0, 0.1) is 0 Å². The van der Waals surface area contributed by atoms with Gasteiger partial charge in [-0.25, -0.2) is 4.98 Å². The van der Waals surface area contributed by atoms with Crippen LogP contribution in [-0.4, -0.2) is 22.3 Å². The van der Waals surface area contributed by atoms with Gasteiger partial charge in [-0.1, -0.05) is 12.1 Å². The molecule has 1 aromatic heterocycles. The van der Waals surface area contributed by atoms with E-state index in [1.54, 1.807) is 17.2 Å². The van der Waals surface area contributed by atoms with Crippen LogP contribution in [0.5, 0.6) is 0 Å². The van der Waals surface area contributed by atoms with Gasteiger partial charge in [-0.2, -0.15) is 0 Å². The minimum Gasteiger partial charge on any atom is -0.399 e. The number of rotatable bonds is 4. The van der Waals surface area contributed by atoms with Crippen molar-refractivity contribution in [2.24, 2.45) is 0 Å². The van der Waals surface area contributed by atoms with Gasteiger partial charge in [-0.3, -0.25) is 4.79 Å². The fourth-order valence-corrected chi connectivity index (χ4v) is 2.07. The molecule has 0 bridgehead atoms. The Morgan fingerprint density at radius 3 is 2.50 bits per heavy atom. The molecule has 0 spiro atoms. The van der Waals surface area contributed by atoms with E-state index in [9.17, 15) is 4.79 Å². The number of halogens is 1. The number of hydrogen-bond donors (Lipinski definition) is 1. The SMILES string of the molecule is CCN(Cc1ccc(N)cc1)C(=O)c1ccc(Br)cn1. The lowest BCUT2D eigenvalue weighted by Gasteiger charge is -2.20. The fourth-order valence-electron chi connectivity index (χ4n) is 1.83. The Balaban J connectivity index is 2.13. The van der Waals surface area contributed by atoms with Crippen molar-refractivity contribution in [1.29, 1.82) is 0 Å². The Bertz CT molecular complexity index is 581. The molecule has 2 N–H and O–H groups in total. The van der Waals surface area contributed by atoms with E-state index in [0.29, 0.717) is 18.8 Å². The van der Waals surface area contributed by atoms with E-state index in [1.807, 2.05) is 37.3 Å². The molecule has 1 aromatic carbocycles. The summed E-state index contributed by atoms with van der Waals surface area (Å²) in [4.78, 5) is 18.3. The second-order valence-electron chi connectivity index (χ2n) is 4.42. The number of benzene rings is 1. The smallest absolute Gasteiger partial charge is 0.272 e. The predicted octanol–water partition coefficient (Wildman–Crippen LogP) is 3.09. The summed E-state index contributed by atoms with van der Waals surface area (Å²) in [6.07, 6.45) is 1.63. The summed E-state index contributed by atoms with van der Waals surface area (Å²) in [6.45, 7) is 3.13. The maximum atomic E-state index is 12.4. The maximum absolute atomic E-state index is 12.4. The molecule has 1 amide bonds. The monoisotopic (exact) mass is 333 g/mol. The van der Waals surface area contributed by atoms with Gasteiger partial charge in [0.2, 0.25) is 0 Å². The molecule has 0 radical (unpaired) electrons. The lowest BCUT2D eigenvalue weighted by Crippen LogP contribution is -2.30. The highest BCUT2D eigenvalue weighted by molar-refractivity contribution is 9.10. The average molecular weight is 334 g/mol. The summed E-state index contributed by atoms with van der Waals surface area (Å²) in [5.41, 5.74) is 7.88. The van der Waals surface area contributed by atoms with E-state index in [0.717, 1.165) is 15.7 Å². The van der Waals surface area contributed by atoms with Gasteiger partial charge in [0, 0.05) is 29.4 Å². The van der Waals surface area contributed by atoms with Crippen LogP contribution in [0.3, 0.4) is 0 Å². The van der Waals surface area contributed by atoms with Crippen molar-refractivity contribution < 1.29 is 4.79 Å². The Labute approximate surface area is 126 Å². The number of carbonyl (C=O) groups excluding carboxylic acids is 1. The van der Waals surface area contributed by atoms with E-state index in [2.05, 4.69) is 20.9 Å². The molecule has 0 aliphatic heterocycles. The molecule has 5 heteroatoms. The molecule has 2 rings (SSSR count). The minimum absolute atomic E-state index is 0.0724. The van der Waals surface area contributed by atoms with Crippen molar-refractivity contribution in [3.63, 3.8) is 0 Å².